The van der Waals surface area contributed by atoms with Crippen LogP contribution in [0.15, 0.2) is 35.9 Å². The summed E-state index contributed by atoms with van der Waals surface area (Å²) in [6.07, 6.45) is 10.4. The minimum absolute atomic E-state index is 0.0238. The molecule has 0 bridgehead atoms. The molecule has 25 heavy (non-hydrogen) atoms. The van der Waals surface area contributed by atoms with Gasteiger partial charge in [0.25, 0.3) is 0 Å². The van der Waals surface area contributed by atoms with Crippen LogP contribution in [0.1, 0.15) is 63.4 Å². The number of rotatable bonds is 6. The number of carboxylic acid groups (broad SMARTS) is 1. The van der Waals surface area contributed by atoms with E-state index in [-0.39, 0.29) is 12.3 Å². The van der Waals surface area contributed by atoms with Crippen LogP contribution in [0, 0.1) is 17.3 Å². The first-order chi connectivity index (χ1) is 12.1. The molecular formula is C22H26O3. The summed E-state index contributed by atoms with van der Waals surface area (Å²) in [7, 11) is 0. The minimum Gasteiger partial charge on any atom is -0.489 e. The van der Waals surface area contributed by atoms with Gasteiger partial charge in [0.2, 0.25) is 0 Å². The first-order valence-electron chi connectivity index (χ1n) is 9.18. The van der Waals surface area contributed by atoms with Gasteiger partial charge in [-0.2, -0.15) is 0 Å². The van der Waals surface area contributed by atoms with Crippen molar-refractivity contribution in [2.45, 2.75) is 57.8 Å². The Bertz CT molecular complexity index is 697. The van der Waals surface area contributed by atoms with Gasteiger partial charge in [0.1, 0.15) is 12.4 Å². The van der Waals surface area contributed by atoms with Gasteiger partial charge in [-0.3, -0.25) is 4.79 Å². The van der Waals surface area contributed by atoms with Crippen molar-refractivity contribution in [2.75, 3.05) is 6.61 Å². The second-order valence-corrected chi connectivity index (χ2v) is 7.27. The maximum atomic E-state index is 11.0. The summed E-state index contributed by atoms with van der Waals surface area (Å²) in [5.41, 5.74) is 2.83. The van der Waals surface area contributed by atoms with E-state index in [0.29, 0.717) is 12.0 Å². The lowest BCUT2D eigenvalue weighted by atomic mass is 9.86. The molecule has 0 heterocycles. The molecule has 0 unspecified atom stereocenters. The summed E-state index contributed by atoms with van der Waals surface area (Å²) in [6.45, 7) is 2.40. The van der Waals surface area contributed by atoms with Gasteiger partial charge < -0.3 is 9.84 Å². The zero-order valence-electron chi connectivity index (χ0n) is 14.9. The second-order valence-electron chi connectivity index (χ2n) is 7.27. The molecule has 0 aliphatic heterocycles. The molecule has 1 aromatic carbocycles. The highest BCUT2D eigenvalue weighted by Crippen LogP contribution is 2.48. The van der Waals surface area contributed by atoms with Crippen LogP contribution >= 0.6 is 0 Å². The molecule has 2 aliphatic rings. The van der Waals surface area contributed by atoms with Crippen LogP contribution in [0.5, 0.6) is 5.75 Å². The Kier molecular flexibility index (Phi) is 5.48. The topological polar surface area (TPSA) is 46.5 Å². The average Bonchev–Trinajstić information content (AvgIpc) is 3.23. The number of carbonyl (C=O) groups is 1. The van der Waals surface area contributed by atoms with Crippen LogP contribution in [0.3, 0.4) is 0 Å². The van der Waals surface area contributed by atoms with Crippen molar-refractivity contribution in [1.29, 1.82) is 0 Å². The monoisotopic (exact) mass is 338 g/mol. The van der Waals surface area contributed by atoms with Crippen molar-refractivity contribution in [2.24, 2.45) is 5.41 Å². The molecule has 3 nitrogen and oxygen atoms in total. The molecule has 2 aliphatic carbocycles. The third kappa shape index (κ3) is 4.45. The van der Waals surface area contributed by atoms with E-state index < -0.39 is 5.97 Å². The van der Waals surface area contributed by atoms with Crippen LogP contribution in [-0.4, -0.2) is 17.7 Å². The highest BCUT2D eigenvalue weighted by molar-refractivity contribution is 5.69. The molecule has 0 radical (unpaired) electrons. The molecule has 3 heteroatoms. The van der Waals surface area contributed by atoms with Gasteiger partial charge in [0.05, 0.1) is 12.3 Å². The highest BCUT2D eigenvalue weighted by atomic mass is 16.5. The van der Waals surface area contributed by atoms with Gasteiger partial charge in [-0.25, -0.2) is 0 Å². The van der Waals surface area contributed by atoms with Gasteiger partial charge in [0.15, 0.2) is 0 Å². The van der Waals surface area contributed by atoms with E-state index in [4.69, 9.17) is 9.84 Å². The van der Waals surface area contributed by atoms with E-state index >= 15 is 0 Å². The van der Waals surface area contributed by atoms with Crippen LogP contribution in [0.2, 0.25) is 0 Å². The van der Waals surface area contributed by atoms with Crippen molar-refractivity contribution in [3.8, 4) is 17.6 Å². The molecule has 1 N–H and O–H groups in total. The number of benzene rings is 1. The van der Waals surface area contributed by atoms with E-state index in [1.807, 2.05) is 24.3 Å². The highest BCUT2D eigenvalue weighted by Gasteiger charge is 2.35. The Morgan fingerprint density at radius 1 is 1.24 bits per heavy atom. The minimum atomic E-state index is -0.831. The molecule has 132 valence electrons. The van der Waals surface area contributed by atoms with Crippen LogP contribution in [-0.2, 0) is 4.79 Å². The predicted molar refractivity (Wildman–Crippen MR) is 98.6 cm³/mol. The molecule has 1 atom stereocenters. The molecule has 1 saturated carbocycles. The lowest BCUT2D eigenvalue weighted by molar-refractivity contribution is -0.137. The standard InChI is InChI=1S/C22H26O3/c1-2-5-19(14-21(23)24)18-6-8-20(9-7-18)25-16-17-10-13-22(15-17)11-3-4-12-22/h6-9,15,19H,3-4,10-14,16H2,1H3,(H,23,24)/t19-/m0/s1. The molecule has 1 aromatic rings. The normalized spacial score (nSPS) is 19.2. The smallest absolute Gasteiger partial charge is 0.304 e. The van der Waals surface area contributed by atoms with Gasteiger partial charge in [-0.1, -0.05) is 37.0 Å². The van der Waals surface area contributed by atoms with Gasteiger partial charge in [0, 0.05) is 0 Å². The number of ether oxygens (including phenoxy) is 1. The van der Waals surface area contributed by atoms with Gasteiger partial charge in [-0.05, 0) is 61.3 Å². The second kappa shape index (κ2) is 7.78. The Hall–Kier alpha value is -2.21. The van der Waals surface area contributed by atoms with E-state index in [9.17, 15) is 4.79 Å². The van der Waals surface area contributed by atoms with Crippen LogP contribution < -0.4 is 4.74 Å². The SMILES string of the molecule is CC#C[C@@H](CC(=O)O)c1ccc(OCC2=CC3(CCCC3)CC2)cc1. The van der Waals surface area contributed by atoms with Crippen molar-refractivity contribution in [1.82, 2.24) is 0 Å². The number of carboxylic acids is 1. The van der Waals surface area contributed by atoms with Crippen molar-refractivity contribution >= 4 is 5.97 Å². The molecule has 1 spiro atoms. The van der Waals surface area contributed by atoms with E-state index in [1.54, 1.807) is 6.92 Å². The molecule has 3 rings (SSSR count). The number of hydrogen-bond acceptors (Lipinski definition) is 2. The Morgan fingerprint density at radius 3 is 2.60 bits per heavy atom. The lowest BCUT2D eigenvalue weighted by Gasteiger charge is -2.18. The zero-order chi connectivity index (χ0) is 17.7. The maximum Gasteiger partial charge on any atom is 0.304 e. The number of aliphatic carboxylic acids is 1. The third-order valence-corrected chi connectivity index (χ3v) is 5.46. The first kappa shape index (κ1) is 17.6. The quantitative estimate of drug-likeness (QED) is 0.591. The predicted octanol–water partition coefficient (Wildman–Crippen LogP) is 4.93. The fraction of sp³-hybridized carbons (Fsp3) is 0.500. The van der Waals surface area contributed by atoms with E-state index in [2.05, 4.69) is 17.9 Å². The summed E-state index contributed by atoms with van der Waals surface area (Å²) < 4.78 is 5.95. The average molecular weight is 338 g/mol. The molecule has 0 saturated heterocycles. The molecule has 0 amide bonds. The summed E-state index contributed by atoms with van der Waals surface area (Å²) in [5, 5.41) is 9.02. The molecule has 1 fully saturated rings. The number of allylic oxidation sites excluding steroid dienone is 1. The van der Waals surface area contributed by atoms with E-state index in [1.165, 1.54) is 37.7 Å². The third-order valence-electron chi connectivity index (χ3n) is 5.46. The number of hydrogen-bond donors (Lipinski definition) is 1. The summed E-state index contributed by atoms with van der Waals surface area (Å²) in [4.78, 5) is 11.0. The van der Waals surface area contributed by atoms with E-state index in [0.717, 1.165) is 17.7 Å². The maximum absolute atomic E-state index is 11.0. The first-order valence-corrected chi connectivity index (χ1v) is 9.18. The van der Waals surface area contributed by atoms with Gasteiger partial charge >= 0.3 is 5.97 Å². The molecular weight excluding hydrogens is 312 g/mol. The van der Waals surface area contributed by atoms with Crippen molar-refractivity contribution < 1.29 is 14.6 Å². The van der Waals surface area contributed by atoms with Crippen LogP contribution in [0.4, 0.5) is 0 Å². The largest absolute Gasteiger partial charge is 0.489 e. The summed E-state index contributed by atoms with van der Waals surface area (Å²) >= 11 is 0. The van der Waals surface area contributed by atoms with Crippen molar-refractivity contribution in [3.63, 3.8) is 0 Å². The summed E-state index contributed by atoms with van der Waals surface area (Å²) in [6, 6.07) is 7.69. The Balaban J connectivity index is 1.59. The van der Waals surface area contributed by atoms with Crippen molar-refractivity contribution in [3.05, 3.63) is 41.5 Å². The van der Waals surface area contributed by atoms with Gasteiger partial charge in [-0.15, -0.1) is 5.92 Å². The van der Waals surface area contributed by atoms with Crippen LogP contribution in [0.25, 0.3) is 0 Å². The Labute approximate surface area is 150 Å². The fourth-order valence-corrected chi connectivity index (χ4v) is 4.15. The Morgan fingerprint density at radius 2 is 1.96 bits per heavy atom. The zero-order valence-corrected chi connectivity index (χ0v) is 14.9. The fourth-order valence-electron chi connectivity index (χ4n) is 4.15. The summed E-state index contributed by atoms with van der Waals surface area (Å²) in [5.74, 6) is 5.52. The molecule has 0 aromatic heterocycles. The lowest BCUT2D eigenvalue weighted by Crippen LogP contribution is -2.07.